The van der Waals surface area contributed by atoms with E-state index in [-0.39, 0.29) is 17.4 Å². The van der Waals surface area contributed by atoms with E-state index >= 15 is 0 Å². The van der Waals surface area contributed by atoms with Crippen molar-refractivity contribution < 1.29 is 14.3 Å². The third-order valence-corrected chi connectivity index (χ3v) is 4.13. The number of fused-ring (bicyclic) bond motifs is 3. The first-order chi connectivity index (χ1) is 13.1. The zero-order valence-electron chi connectivity index (χ0n) is 14.5. The number of hydrogen-bond donors (Lipinski definition) is 2. The zero-order valence-corrected chi connectivity index (χ0v) is 16.0. The normalized spacial score (nSPS) is 15.4. The zero-order chi connectivity index (χ0) is 19.2. The van der Waals surface area contributed by atoms with Crippen molar-refractivity contribution in [2.45, 2.75) is 13.3 Å². The van der Waals surface area contributed by atoms with Gasteiger partial charge >= 0.3 is 6.03 Å². The first kappa shape index (κ1) is 18.7. The number of anilines is 2. The van der Waals surface area contributed by atoms with Crippen molar-refractivity contribution in [3.05, 3.63) is 46.2 Å². The molecule has 1 aliphatic heterocycles. The molecule has 2 bridgehead atoms. The molecule has 0 atom stereocenters. The lowest BCUT2D eigenvalue weighted by Crippen LogP contribution is -2.21. The lowest BCUT2D eigenvalue weighted by atomic mass is 10.2. The molecule has 0 unspecified atom stereocenters. The molecule has 0 saturated carbocycles. The average molecular weight is 430 g/mol. The van der Waals surface area contributed by atoms with Crippen molar-refractivity contribution in [1.82, 2.24) is 9.97 Å². The van der Waals surface area contributed by atoms with Gasteiger partial charge in [0.05, 0.1) is 23.0 Å². The summed E-state index contributed by atoms with van der Waals surface area (Å²) in [5.74, 6) is 0.771. The maximum absolute atomic E-state index is 12.4. The van der Waals surface area contributed by atoms with E-state index < -0.39 is 6.03 Å². The highest BCUT2D eigenvalue weighted by Crippen LogP contribution is 2.35. The smallest absolute Gasteiger partial charge is 0.325 e. The minimum absolute atomic E-state index is 0.0579. The van der Waals surface area contributed by atoms with Crippen LogP contribution in [0.3, 0.4) is 0 Å². The van der Waals surface area contributed by atoms with Crippen LogP contribution in [0.5, 0.6) is 11.6 Å². The van der Waals surface area contributed by atoms with Crippen LogP contribution in [-0.2, 0) is 0 Å². The number of benzene rings is 1. The topological polar surface area (TPSA) is 109 Å². The summed E-state index contributed by atoms with van der Waals surface area (Å²) in [6.45, 7) is 2.56. The number of aryl methyl sites for hydroxylation is 1. The van der Waals surface area contributed by atoms with Gasteiger partial charge in [0.2, 0.25) is 5.69 Å². The van der Waals surface area contributed by atoms with Gasteiger partial charge in [-0.25, -0.2) is 9.78 Å². The van der Waals surface area contributed by atoms with Crippen LogP contribution < -0.4 is 20.1 Å². The molecular formula is C18H16BrN5O3. The SMILES string of the molecule is Cc1cc(Br)c2c(c1)NC(=O)Nc1cnc(C#N)c(n1)OCC/C=C\CO2. The number of halogens is 1. The molecule has 0 fully saturated rings. The van der Waals surface area contributed by atoms with Crippen LogP contribution in [0.1, 0.15) is 17.7 Å². The van der Waals surface area contributed by atoms with Gasteiger partial charge in [0.15, 0.2) is 11.6 Å². The number of hydrogen-bond acceptors (Lipinski definition) is 6. The van der Waals surface area contributed by atoms with Gasteiger partial charge in [0, 0.05) is 0 Å². The Bertz CT molecular complexity index is 939. The summed E-state index contributed by atoms with van der Waals surface area (Å²) >= 11 is 3.47. The van der Waals surface area contributed by atoms with Crippen LogP contribution in [0.4, 0.5) is 16.3 Å². The Morgan fingerprint density at radius 3 is 2.93 bits per heavy atom. The average Bonchev–Trinajstić information content (AvgIpc) is 2.62. The molecular weight excluding hydrogens is 414 g/mol. The number of rotatable bonds is 0. The van der Waals surface area contributed by atoms with E-state index in [0.717, 1.165) is 10.0 Å². The van der Waals surface area contributed by atoms with Crippen LogP contribution in [0, 0.1) is 18.3 Å². The molecule has 27 heavy (non-hydrogen) atoms. The summed E-state index contributed by atoms with van der Waals surface area (Å²) < 4.78 is 12.0. The molecule has 0 saturated heterocycles. The number of nitrogens with zero attached hydrogens (tertiary/aromatic N) is 3. The van der Waals surface area contributed by atoms with Crippen molar-refractivity contribution in [1.29, 1.82) is 5.26 Å². The number of nitrogens with one attached hydrogen (secondary N) is 2. The van der Waals surface area contributed by atoms with Crippen molar-refractivity contribution in [2.24, 2.45) is 0 Å². The molecule has 8 nitrogen and oxygen atoms in total. The van der Waals surface area contributed by atoms with Gasteiger partial charge in [0.25, 0.3) is 5.88 Å². The van der Waals surface area contributed by atoms with E-state index in [1.54, 1.807) is 6.07 Å². The molecule has 0 spiro atoms. The van der Waals surface area contributed by atoms with E-state index in [0.29, 0.717) is 31.1 Å². The lowest BCUT2D eigenvalue weighted by molar-refractivity contribution is 0.262. The van der Waals surface area contributed by atoms with Crippen LogP contribution in [0.25, 0.3) is 0 Å². The molecule has 3 rings (SSSR count). The van der Waals surface area contributed by atoms with Gasteiger partial charge in [-0.3, -0.25) is 5.32 Å². The highest BCUT2D eigenvalue weighted by molar-refractivity contribution is 9.10. The van der Waals surface area contributed by atoms with Crippen LogP contribution in [0.2, 0.25) is 0 Å². The third kappa shape index (κ3) is 4.74. The highest BCUT2D eigenvalue weighted by Gasteiger charge is 2.15. The summed E-state index contributed by atoms with van der Waals surface area (Å²) in [6, 6.07) is 5.11. The Hall–Kier alpha value is -3.12. The van der Waals surface area contributed by atoms with E-state index in [2.05, 4.69) is 36.5 Å². The quantitative estimate of drug-likeness (QED) is 0.616. The first-order valence-corrected chi connectivity index (χ1v) is 8.92. The predicted octanol–water partition coefficient (Wildman–Crippen LogP) is 3.78. The predicted molar refractivity (Wildman–Crippen MR) is 103 cm³/mol. The second kappa shape index (κ2) is 8.51. The van der Waals surface area contributed by atoms with Crippen molar-refractivity contribution >= 4 is 33.5 Å². The van der Waals surface area contributed by atoms with Gasteiger partial charge < -0.3 is 14.8 Å². The molecule has 138 valence electrons. The number of urea groups is 1. The number of amides is 2. The third-order valence-electron chi connectivity index (χ3n) is 3.54. The van der Waals surface area contributed by atoms with Gasteiger partial charge in [-0.15, -0.1) is 0 Å². The number of carbonyl (C=O) groups excluding carboxylic acids is 1. The first-order valence-electron chi connectivity index (χ1n) is 8.12. The fourth-order valence-electron chi connectivity index (χ4n) is 2.39. The van der Waals surface area contributed by atoms with E-state index in [1.807, 2.05) is 31.2 Å². The monoisotopic (exact) mass is 429 g/mol. The molecule has 1 aromatic carbocycles. The summed E-state index contributed by atoms with van der Waals surface area (Å²) in [5, 5.41) is 14.4. The maximum Gasteiger partial charge on any atom is 0.325 e. The van der Waals surface area contributed by atoms with E-state index in [9.17, 15) is 4.79 Å². The summed E-state index contributed by atoms with van der Waals surface area (Å²) in [7, 11) is 0. The van der Waals surface area contributed by atoms with E-state index in [1.165, 1.54) is 6.20 Å². The molecule has 0 aliphatic carbocycles. The Morgan fingerprint density at radius 2 is 2.11 bits per heavy atom. The minimum atomic E-state index is -0.521. The second-order valence-electron chi connectivity index (χ2n) is 5.64. The molecule has 9 heteroatoms. The molecule has 1 aromatic heterocycles. The maximum atomic E-state index is 12.4. The Kier molecular flexibility index (Phi) is 5.88. The lowest BCUT2D eigenvalue weighted by Gasteiger charge is -2.15. The summed E-state index contributed by atoms with van der Waals surface area (Å²) in [5.41, 5.74) is 1.52. The van der Waals surface area contributed by atoms with Crippen molar-refractivity contribution in [3.63, 3.8) is 0 Å². The van der Waals surface area contributed by atoms with Crippen LogP contribution >= 0.6 is 15.9 Å². The Labute approximate surface area is 164 Å². The van der Waals surface area contributed by atoms with Crippen molar-refractivity contribution in [3.8, 4) is 17.7 Å². The Morgan fingerprint density at radius 1 is 1.26 bits per heavy atom. The van der Waals surface area contributed by atoms with Gasteiger partial charge in [-0.05, 0) is 47.0 Å². The fourth-order valence-corrected chi connectivity index (χ4v) is 3.08. The number of ether oxygens (including phenoxy) is 2. The van der Waals surface area contributed by atoms with Gasteiger partial charge in [-0.2, -0.15) is 10.2 Å². The standard InChI is InChI=1S/C18H16BrN5O3/c1-11-7-12(19)16-13(8-11)22-18(25)24-15-10-21-14(9-20)17(23-15)27-6-4-2-3-5-26-16/h2-3,7-8,10H,4-6H2,1H3,(H2,22,23,24,25)/b3-2-. The summed E-state index contributed by atoms with van der Waals surface area (Å²) in [6.07, 6.45) is 5.66. The highest BCUT2D eigenvalue weighted by atomic mass is 79.9. The molecule has 2 heterocycles. The van der Waals surface area contributed by atoms with Crippen LogP contribution in [-0.4, -0.2) is 29.2 Å². The van der Waals surface area contributed by atoms with Gasteiger partial charge in [-0.1, -0.05) is 12.2 Å². The fraction of sp³-hybridized carbons (Fsp3) is 0.222. The molecule has 2 aromatic rings. The molecule has 2 N–H and O–H groups in total. The number of carbonyl (C=O) groups is 1. The number of nitriles is 1. The van der Waals surface area contributed by atoms with E-state index in [4.69, 9.17) is 14.7 Å². The van der Waals surface area contributed by atoms with Gasteiger partial charge in [0.1, 0.15) is 12.7 Å². The minimum Gasteiger partial charge on any atom is -0.486 e. The Balaban J connectivity index is 1.94. The molecule has 1 aliphatic rings. The molecule has 0 radical (unpaired) electrons. The largest absolute Gasteiger partial charge is 0.486 e. The summed E-state index contributed by atoms with van der Waals surface area (Å²) in [4.78, 5) is 20.5. The van der Waals surface area contributed by atoms with Crippen LogP contribution in [0.15, 0.2) is 35.0 Å². The second-order valence-corrected chi connectivity index (χ2v) is 6.50. The van der Waals surface area contributed by atoms with Crippen molar-refractivity contribution in [2.75, 3.05) is 23.8 Å². The molecule has 2 amide bonds. The number of aromatic nitrogens is 2.